The van der Waals surface area contributed by atoms with Gasteiger partial charge in [-0.15, -0.1) is 11.3 Å². The molecular formula is C30H33N3O2S. The average molecular weight is 500 g/mol. The number of hydrogen-bond acceptors (Lipinski definition) is 4. The van der Waals surface area contributed by atoms with Crippen molar-refractivity contribution in [3.63, 3.8) is 0 Å². The maximum atomic E-state index is 11.9. The second-order valence-corrected chi connectivity index (χ2v) is 11.4. The molecular weight excluding hydrogens is 466 g/mol. The van der Waals surface area contributed by atoms with E-state index in [1.165, 1.54) is 70.6 Å². The van der Waals surface area contributed by atoms with Crippen molar-refractivity contribution in [2.75, 3.05) is 18.0 Å². The van der Waals surface area contributed by atoms with E-state index in [0.29, 0.717) is 11.5 Å². The lowest BCUT2D eigenvalue weighted by Crippen LogP contribution is -2.28. The van der Waals surface area contributed by atoms with Gasteiger partial charge in [0, 0.05) is 59.3 Å². The van der Waals surface area contributed by atoms with Crippen LogP contribution in [0.1, 0.15) is 70.2 Å². The van der Waals surface area contributed by atoms with Crippen LogP contribution in [0.4, 0.5) is 5.69 Å². The van der Waals surface area contributed by atoms with Gasteiger partial charge in [0.15, 0.2) is 0 Å². The fourth-order valence-corrected chi connectivity index (χ4v) is 7.03. The van der Waals surface area contributed by atoms with Crippen LogP contribution in [-0.2, 0) is 13.0 Å². The van der Waals surface area contributed by atoms with E-state index in [1.54, 1.807) is 17.4 Å². The molecule has 0 amide bonds. The quantitative estimate of drug-likeness (QED) is 0.316. The Bertz CT molecular complexity index is 1440. The van der Waals surface area contributed by atoms with E-state index in [1.807, 2.05) is 6.07 Å². The van der Waals surface area contributed by atoms with E-state index in [4.69, 9.17) is 4.98 Å². The van der Waals surface area contributed by atoms with Crippen LogP contribution >= 0.6 is 11.3 Å². The molecule has 4 aromatic rings. The highest BCUT2D eigenvalue weighted by atomic mass is 32.1. The summed E-state index contributed by atoms with van der Waals surface area (Å²) in [5.41, 5.74) is 9.10. The summed E-state index contributed by atoms with van der Waals surface area (Å²) < 4.78 is 2.42. The van der Waals surface area contributed by atoms with Crippen LogP contribution in [0, 0.1) is 13.8 Å². The predicted molar refractivity (Wildman–Crippen MR) is 148 cm³/mol. The van der Waals surface area contributed by atoms with Crippen molar-refractivity contribution in [3.05, 3.63) is 69.2 Å². The number of benzene rings is 2. The number of aromatic carboxylic acids is 1. The van der Waals surface area contributed by atoms with Gasteiger partial charge in [-0.25, -0.2) is 9.78 Å². The number of aryl methyl sites for hydroxylation is 2. The molecule has 6 heteroatoms. The average Bonchev–Trinajstić information content (AvgIpc) is 3.40. The fraction of sp³-hybridized carbons (Fsp3) is 0.400. The molecule has 0 atom stereocenters. The smallest absolute Gasteiger partial charge is 0.335 e. The molecule has 5 nitrogen and oxygen atoms in total. The number of carboxylic acids is 1. The van der Waals surface area contributed by atoms with Crippen LogP contribution in [0.5, 0.6) is 0 Å². The molecule has 0 saturated heterocycles. The Kier molecular flexibility index (Phi) is 6.08. The van der Waals surface area contributed by atoms with Crippen LogP contribution in [0.2, 0.25) is 0 Å². The van der Waals surface area contributed by atoms with E-state index in [-0.39, 0.29) is 0 Å². The van der Waals surface area contributed by atoms with Gasteiger partial charge in [-0.2, -0.15) is 0 Å². The summed E-state index contributed by atoms with van der Waals surface area (Å²) in [6, 6.07) is 12.6. The van der Waals surface area contributed by atoms with Crippen molar-refractivity contribution in [1.82, 2.24) is 9.55 Å². The SMILES string of the molecule is Cc1ccc2c(c1)N(CCc1nc(C)cs1)CCn1c-2c(C2CCCCC2)c2ccc(C(=O)O)cc21. The van der Waals surface area contributed by atoms with Gasteiger partial charge in [-0.3, -0.25) is 0 Å². The van der Waals surface area contributed by atoms with E-state index in [2.05, 4.69) is 53.0 Å². The van der Waals surface area contributed by atoms with Crippen LogP contribution in [-0.4, -0.2) is 33.7 Å². The number of rotatable bonds is 5. The standard InChI is InChI=1S/C30H33N3O2S/c1-19-8-10-24-25(16-19)32(13-12-27-31-20(2)18-36-27)14-15-33-26-17-22(30(34)35)9-11-23(26)28(29(24)33)21-6-4-3-5-7-21/h8-11,16-18,21H,3-7,12-15H2,1-2H3,(H,34,35). The molecule has 36 heavy (non-hydrogen) atoms. The molecule has 1 saturated carbocycles. The summed E-state index contributed by atoms with van der Waals surface area (Å²) in [6.07, 6.45) is 7.20. The summed E-state index contributed by atoms with van der Waals surface area (Å²) in [5.74, 6) is -0.344. The molecule has 1 N–H and O–H groups in total. The van der Waals surface area contributed by atoms with Crippen LogP contribution in [0.15, 0.2) is 41.8 Å². The minimum atomic E-state index is -0.864. The molecule has 6 rings (SSSR count). The van der Waals surface area contributed by atoms with Crippen LogP contribution in [0.3, 0.4) is 0 Å². The monoisotopic (exact) mass is 499 g/mol. The first-order valence-electron chi connectivity index (χ1n) is 13.2. The molecule has 0 radical (unpaired) electrons. The number of hydrogen-bond donors (Lipinski definition) is 1. The highest BCUT2D eigenvalue weighted by Crippen LogP contribution is 2.47. The molecule has 0 unspecified atom stereocenters. The molecule has 0 spiro atoms. The Morgan fingerprint density at radius 3 is 2.67 bits per heavy atom. The number of carboxylic acid groups (broad SMARTS) is 1. The second kappa shape index (κ2) is 9.40. The molecule has 1 fully saturated rings. The molecule has 2 aliphatic rings. The van der Waals surface area contributed by atoms with Gasteiger partial charge in [0.05, 0.1) is 16.3 Å². The Morgan fingerprint density at radius 1 is 1.08 bits per heavy atom. The lowest BCUT2D eigenvalue weighted by molar-refractivity contribution is 0.0697. The first kappa shape index (κ1) is 23.3. The summed E-state index contributed by atoms with van der Waals surface area (Å²) >= 11 is 1.75. The van der Waals surface area contributed by atoms with Gasteiger partial charge in [0.2, 0.25) is 0 Å². The van der Waals surface area contributed by atoms with E-state index >= 15 is 0 Å². The minimum absolute atomic E-state index is 0.363. The Balaban J connectivity index is 1.52. The number of aromatic nitrogens is 2. The van der Waals surface area contributed by atoms with Crippen molar-refractivity contribution in [2.24, 2.45) is 0 Å². The first-order chi connectivity index (χ1) is 17.5. The summed E-state index contributed by atoms with van der Waals surface area (Å²) in [6.45, 7) is 6.88. The second-order valence-electron chi connectivity index (χ2n) is 10.4. The van der Waals surface area contributed by atoms with E-state index in [9.17, 15) is 9.90 Å². The minimum Gasteiger partial charge on any atom is -0.478 e. The Hall–Kier alpha value is -3.12. The topological polar surface area (TPSA) is 58.4 Å². The highest BCUT2D eigenvalue weighted by molar-refractivity contribution is 7.09. The predicted octanol–water partition coefficient (Wildman–Crippen LogP) is 7.19. The Labute approximate surface area is 216 Å². The van der Waals surface area contributed by atoms with E-state index < -0.39 is 5.97 Å². The molecule has 1 aliphatic heterocycles. The number of carbonyl (C=O) groups is 1. The fourth-order valence-electron chi connectivity index (χ4n) is 6.26. The molecule has 2 aromatic heterocycles. The Morgan fingerprint density at radius 2 is 1.92 bits per heavy atom. The summed E-state index contributed by atoms with van der Waals surface area (Å²) in [7, 11) is 0. The summed E-state index contributed by atoms with van der Waals surface area (Å²) in [4.78, 5) is 19.1. The number of anilines is 1. The zero-order valence-electron chi connectivity index (χ0n) is 21.1. The number of fused-ring (bicyclic) bond motifs is 5. The lowest BCUT2D eigenvalue weighted by Gasteiger charge is -2.26. The number of thiazole rings is 1. The van der Waals surface area contributed by atoms with Crippen LogP contribution < -0.4 is 4.90 Å². The van der Waals surface area contributed by atoms with Crippen LogP contribution in [0.25, 0.3) is 22.2 Å². The van der Waals surface area contributed by atoms with Crippen molar-refractivity contribution >= 4 is 33.9 Å². The van der Waals surface area contributed by atoms with Crippen molar-refractivity contribution in [2.45, 2.75) is 64.8 Å². The normalized spacial score (nSPS) is 16.1. The zero-order valence-corrected chi connectivity index (χ0v) is 21.9. The van der Waals surface area contributed by atoms with Gasteiger partial charge < -0.3 is 14.6 Å². The van der Waals surface area contributed by atoms with Gasteiger partial charge in [-0.1, -0.05) is 37.5 Å². The van der Waals surface area contributed by atoms with Crippen molar-refractivity contribution in [1.29, 1.82) is 0 Å². The van der Waals surface area contributed by atoms with Gasteiger partial charge >= 0.3 is 5.97 Å². The van der Waals surface area contributed by atoms with E-state index in [0.717, 1.165) is 37.3 Å². The highest BCUT2D eigenvalue weighted by Gasteiger charge is 2.30. The van der Waals surface area contributed by atoms with Crippen molar-refractivity contribution < 1.29 is 9.90 Å². The molecule has 186 valence electrons. The van der Waals surface area contributed by atoms with Gasteiger partial charge in [0.25, 0.3) is 0 Å². The molecule has 3 heterocycles. The maximum Gasteiger partial charge on any atom is 0.335 e. The maximum absolute atomic E-state index is 11.9. The van der Waals surface area contributed by atoms with Gasteiger partial charge in [-0.05, 0) is 61.9 Å². The third kappa shape index (κ3) is 4.11. The third-order valence-corrected chi connectivity index (χ3v) is 9.00. The van der Waals surface area contributed by atoms with Gasteiger partial charge in [0.1, 0.15) is 0 Å². The zero-order chi connectivity index (χ0) is 24.8. The largest absolute Gasteiger partial charge is 0.478 e. The molecule has 0 bridgehead atoms. The third-order valence-electron chi connectivity index (χ3n) is 7.97. The number of nitrogens with zero attached hydrogens (tertiary/aromatic N) is 3. The summed E-state index contributed by atoms with van der Waals surface area (Å²) in [5, 5.41) is 14.3. The molecule has 2 aromatic carbocycles. The first-order valence-corrected chi connectivity index (χ1v) is 14.0. The lowest BCUT2D eigenvalue weighted by atomic mass is 9.81. The molecule has 1 aliphatic carbocycles. The van der Waals surface area contributed by atoms with Crippen molar-refractivity contribution in [3.8, 4) is 11.3 Å².